The normalized spacial score (nSPS) is 12.1. The first-order valence-electron chi connectivity index (χ1n) is 24.7. The summed E-state index contributed by atoms with van der Waals surface area (Å²) in [7, 11) is -2.99. The van der Waals surface area contributed by atoms with E-state index in [0.717, 1.165) is 17.8 Å². The van der Waals surface area contributed by atoms with Crippen LogP contribution in [0.5, 0.6) is 0 Å². The first-order valence-corrected chi connectivity index (χ1v) is 27.6. The fourth-order valence-electron chi connectivity index (χ4n) is 11.5. The molecule has 13 aromatic rings. The molecule has 0 bridgehead atoms. The lowest BCUT2D eigenvalue weighted by Gasteiger charge is -2.35. The molecule has 2 nitrogen and oxygen atoms in total. The fourth-order valence-corrected chi connectivity index (χ4v) is 17.6. The summed E-state index contributed by atoms with van der Waals surface area (Å²) in [4.78, 5) is 0. The number of rotatable bonds is 10. The highest BCUT2D eigenvalue weighted by molar-refractivity contribution is 7.26. The van der Waals surface area contributed by atoms with Crippen molar-refractivity contribution in [1.82, 2.24) is 9.13 Å². The Morgan fingerprint density at radius 3 is 1.72 bits per heavy atom. The zero-order valence-corrected chi connectivity index (χ0v) is 41.6. The molecule has 0 aliphatic carbocycles. The maximum atomic E-state index is 2.50. The van der Waals surface area contributed by atoms with Crippen molar-refractivity contribution in [2.24, 2.45) is 0 Å². The van der Waals surface area contributed by atoms with E-state index in [-0.39, 0.29) is 0 Å². The number of aryl methyl sites for hydroxylation is 1. The van der Waals surface area contributed by atoms with E-state index in [1.165, 1.54) is 107 Å². The lowest BCUT2D eigenvalue weighted by atomic mass is 9.98. The molecule has 10 aromatic carbocycles. The average Bonchev–Trinajstić information content (AvgIpc) is 4.08. The molecule has 0 spiro atoms. The molecule has 0 atom stereocenters. The molecular weight excluding hydrogens is 893 g/mol. The Morgan fingerprint density at radius 1 is 0.408 bits per heavy atom. The Balaban J connectivity index is 0.993. The third-order valence-electron chi connectivity index (χ3n) is 14.8. The van der Waals surface area contributed by atoms with Gasteiger partial charge in [0.1, 0.15) is 0 Å². The summed E-state index contributed by atoms with van der Waals surface area (Å²) in [5, 5.41) is 11.8. The van der Waals surface area contributed by atoms with Crippen molar-refractivity contribution in [2.45, 2.75) is 20.3 Å². The molecule has 71 heavy (non-hydrogen) atoms. The number of benzene rings is 10. The van der Waals surface area contributed by atoms with Gasteiger partial charge in [0.2, 0.25) is 0 Å². The minimum atomic E-state index is -2.99. The molecule has 0 fully saturated rings. The summed E-state index contributed by atoms with van der Waals surface area (Å²) < 4.78 is 7.59. The summed E-state index contributed by atoms with van der Waals surface area (Å²) in [6.45, 7) is 4.45. The van der Waals surface area contributed by atoms with Crippen LogP contribution in [0, 0.1) is 6.92 Å². The van der Waals surface area contributed by atoms with E-state index >= 15 is 0 Å². The largest absolute Gasteiger partial charge is 0.310 e. The highest BCUT2D eigenvalue weighted by atomic mass is 32.1. The molecule has 0 aliphatic heterocycles. The predicted molar refractivity (Wildman–Crippen MR) is 309 cm³/mol. The second-order valence-corrected chi connectivity index (χ2v) is 23.6. The maximum absolute atomic E-state index is 2.99. The molecule has 0 aliphatic rings. The molecule has 0 saturated carbocycles. The SMILES string of the molecule is CCC=Cc1c(C)c2ccccc2n1-c1ccc2c(c1)c1ccccc1n2-c1cccc([Si](c2ccccc2)(c2ccccc2)c2cccc(-c3cccc(-c4cccc5c4sc4ccccc45)c3)c2)c1. The van der Waals surface area contributed by atoms with E-state index < -0.39 is 8.07 Å². The summed E-state index contributed by atoms with van der Waals surface area (Å²) in [5.74, 6) is 0. The van der Waals surface area contributed by atoms with Crippen molar-refractivity contribution in [3.8, 4) is 33.6 Å². The van der Waals surface area contributed by atoms with E-state index in [0.29, 0.717) is 0 Å². The van der Waals surface area contributed by atoms with Gasteiger partial charge in [-0.1, -0.05) is 201 Å². The van der Waals surface area contributed by atoms with Gasteiger partial charge in [-0.05, 0) is 123 Å². The quantitative estimate of drug-likeness (QED) is 0.0955. The fraction of sp³-hybridized carbons (Fsp3) is 0.0448. The summed E-state index contributed by atoms with van der Waals surface area (Å²) in [5.41, 5.74) is 13.4. The topological polar surface area (TPSA) is 9.86 Å². The Hall–Kier alpha value is -8.28. The van der Waals surface area contributed by atoms with Crippen molar-refractivity contribution >= 4 is 99.1 Å². The summed E-state index contributed by atoms with van der Waals surface area (Å²) in [6, 6.07) is 91.1. The van der Waals surface area contributed by atoms with Crippen LogP contribution in [0.15, 0.2) is 249 Å². The van der Waals surface area contributed by atoms with Gasteiger partial charge in [-0.25, -0.2) is 0 Å². The molecule has 4 heteroatoms. The van der Waals surface area contributed by atoms with E-state index in [9.17, 15) is 0 Å². The lowest BCUT2D eigenvalue weighted by Crippen LogP contribution is -2.74. The maximum Gasteiger partial charge on any atom is 0.179 e. The number of nitrogens with zero attached hydrogens (tertiary/aromatic N) is 2. The first kappa shape index (κ1) is 42.8. The first-order chi connectivity index (χ1) is 35.1. The van der Waals surface area contributed by atoms with Gasteiger partial charge in [0.15, 0.2) is 8.07 Å². The van der Waals surface area contributed by atoms with E-state index in [2.05, 4.69) is 278 Å². The van der Waals surface area contributed by atoms with Crippen LogP contribution in [-0.4, -0.2) is 17.2 Å². The highest BCUT2D eigenvalue weighted by Gasteiger charge is 2.42. The van der Waals surface area contributed by atoms with Gasteiger partial charge in [-0.15, -0.1) is 11.3 Å². The molecule has 0 unspecified atom stereocenters. The van der Waals surface area contributed by atoms with Gasteiger partial charge in [-0.3, -0.25) is 0 Å². The molecule has 0 radical (unpaired) electrons. The van der Waals surface area contributed by atoms with Crippen molar-refractivity contribution < 1.29 is 0 Å². The van der Waals surface area contributed by atoms with Crippen LogP contribution in [0.4, 0.5) is 0 Å². The van der Waals surface area contributed by atoms with Crippen molar-refractivity contribution in [1.29, 1.82) is 0 Å². The standard InChI is InChI=1S/C67H50N2SSi/c1-3-4-36-62-46(2)56-31-11-14-37-63(56)68(62)51-40-41-65-61(45-51)58-32-12-15-38-64(58)69(65)50-24-19-30-55(44-50)71(52-25-7-5-8-26-52,53-27-9-6-10-28-53)54-29-18-22-48(43-54)47-21-17-23-49(42-47)57-34-20-35-60-59-33-13-16-39-66(59)70-67(57)60/h4-45H,3H2,1-2H3. The van der Waals surface area contributed by atoms with E-state index in [4.69, 9.17) is 0 Å². The van der Waals surface area contributed by atoms with Gasteiger partial charge in [0.05, 0.1) is 16.6 Å². The van der Waals surface area contributed by atoms with Crippen LogP contribution in [0.25, 0.3) is 92.6 Å². The number of aromatic nitrogens is 2. The van der Waals surface area contributed by atoms with Crippen LogP contribution in [0.3, 0.4) is 0 Å². The number of para-hydroxylation sites is 2. The molecule has 3 aromatic heterocycles. The predicted octanol–water partition coefficient (Wildman–Crippen LogP) is 15.5. The molecule has 13 rings (SSSR count). The Labute approximate surface area is 419 Å². The Morgan fingerprint density at radius 2 is 0.958 bits per heavy atom. The monoisotopic (exact) mass is 942 g/mol. The van der Waals surface area contributed by atoms with Crippen LogP contribution in [-0.2, 0) is 0 Å². The molecule has 0 N–H and O–H groups in total. The van der Waals surface area contributed by atoms with Crippen LogP contribution < -0.4 is 20.7 Å². The van der Waals surface area contributed by atoms with Gasteiger partial charge < -0.3 is 9.13 Å². The second kappa shape index (κ2) is 17.6. The highest BCUT2D eigenvalue weighted by Crippen LogP contribution is 2.41. The Kier molecular flexibility index (Phi) is 10.6. The van der Waals surface area contributed by atoms with Crippen molar-refractivity contribution in [3.63, 3.8) is 0 Å². The number of allylic oxidation sites excluding steroid dienone is 1. The lowest BCUT2D eigenvalue weighted by molar-refractivity contribution is 1.09. The minimum Gasteiger partial charge on any atom is -0.310 e. The van der Waals surface area contributed by atoms with Gasteiger partial charge in [-0.2, -0.15) is 0 Å². The second-order valence-electron chi connectivity index (χ2n) is 18.7. The van der Waals surface area contributed by atoms with Crippen LogP contribution in [0.1, 0.15) is 24.6 Å². The number of hydrogen-bond acceptors (Lipinski definition) is 1. The van der Waals surface area contributed by atoms with Gasteiger partial charge in [0.25, 0.3) is 0 Å². The number of hydrogen-bond donors (Lipinski definition) is 0. The van der Waals surface area contributed by atoms with E-state index in [1.807, 2.05) is 11.3 Å². The average molecular weight is 943 g/mol. The van der Waals surface area contributed by atoms with E-state index in [1.54, 1.807) is 0 Å². The Bertz CT molecular complexity index is 4130. The van der Waals surface area contributed by atoms with Crippen molar-refractivity contribution in [3.05, 3.63) is 260 Å². The zero-order valence-electron chi connectivity index (χ0n) is 39.8. The minimum absolute atomic E-state index is 0.982. The zero-order chi connectivity index (χ0) is 47.5. The summed E-state index contributed by atoms with van der Waals surface area (Å²) >= 11 is 1.89. The van der Waals surface area contributed by atoms with Gasteiger partial charge >= 0.3 is 0 Å². The molecule has 0 amide bonds. The number of fused-ring (bicyclic) bond motifs is 7. The smallest absolute Gasteiger partial charge is 0.179 e. The van der Waals surface area contributed by atoms with Crippen molar-refractivity contribution in [2.75, 3.05) is 0 Å². The summed E-state index contributed by atoms with van der Waals surface area (Å²) in [6.07, 6.45) is 5.55. The van der Waals surface area contributed by atoms with Crippen LogP contribution >= 0.6 is 11.3 Å². The van der Waals surface area contributed by atoms with Crippen LogP contribution in [0.2, 0.25) is 0 Å². The van der Waals surface area contributed by atoms with Gasteiger partial charge in [0, 0.05) is 53.4 Å². The third kappa shape index (κ3) is 6.97. The number of thiophene rings is 1. The molecule has 338 valence electrons. The molecule has 0 saturated heterocycles. The molecular formula is C67H50N2SSi. The molecule has 3 heterocycles. The third-order valence-corrected chi connectivity index (χ3v) is 20.7.